The second-order valence-electron chi connectivity index (χ2n) is 5.34. The maximum Gasteiger partial charge on any atom is 0.251 e. The van der Waals surface area contributed by atoms with E-state index in [1.807, 2.05) is 42.5 Å². The standard InChI is InChI=1S/C19H18N4O/c1-20-19(24)15-7-5-14(6-8-15)10-23-18-4-2-3-16(9-18)17-11-21-13-22-12-17/h2-9,11-13,23H,10H2,1H3,(H,20,24). The summed E-state index contributed by atoms with van der Waals surface area (Å²) in [6, 6.07) is 15.7. The van der Waals surface area contributed by atoms with Crippen molar-refractivity contribution in [3.63, 3.8) is 0 Å². The van der Waals surface area contributed by atoms with Crippen molar-refractivity contribution in [3.05, 3.63) is 78.4 Å². The molecule has 0 fully saturated rings. The number of carbonyl (C=O) groups is 1. The molecule has 2 N–H and O–H groups in total. The van der Waals surface area contributed by atoms with Crippen LogP contribution in [0.25, 0.3) is 11.1 Å². The van der Waals surface area contributed by atoms with Crippen molar-refractivity contribution in [2.75, 3.05) is 12.4 Å². The zero-order valence-corrected chi connectivity index (χ0v) is 13.4. The normalized spacial score (nSPS) is 10.2. The molecule has 1 amide bonds. The van der Waals surface area contributed by atoms with Gasteiger partial charge in [0, 0.05) is 42.8 Å². The van der Waals surface area contributed by atoms with E-state index in [4.69, 9.17) is 0 Å². The number of nitrogens with one attached hydrogen (secondary N) is 2. The van der Waals surface area contributed by atoms with Crippen LogP contribution in [0.2, 0.25) is 0 Å². The predicted octanol–water partition coefficient (Wildman–Crippen LogP) is 3.12. The van der Waals surface area contributed by atoms with Gasteiger partial charge in [0.2, 0.25) is 0 Å². The first-order valence-electron chi connectivity index (χ1n) is 7.66. The lowest BCUT2D eigenvalue weighted by atomic mass is 10.1. The maximum atomic E-state index is 11.5. The average Bonchev–Trinajstić information content (AvgIpc) is 2.67. The highest BCUT2D eigenvalue weighted by Crippen LogP contribution is 2.21. The van der Waals surface area contributed by atoms with E-state index >= 15 is 0 Å². The first-order chi connectivity index (χ1) is 11.8. The van der Waals surface area contributed by atoms with Gasteiger partial charge in [-0.1, -0.05) is 24.3 Å². The van der Waals surface area contributed by atoms with Crippen LogP contribution in [0.3, 0.4) is 0 Å². The molecular weight excluding hydrogens is 300 g/mol. The molecule has 0 spiro atoms. The molecule has 3 rings (SSSR count). The molecule has 1 aromatic heterocycles. The Labute approximate surface area is 140 Å². The van der Waals surface area contributed by atoms with Crippen LogP contribution in [-0.4, -0.2) is 22.9 Å². The Balaban J connectivity index is 1.68. The maximum absolute atomic E-state index is 11.5. The van der Waals surface area contributed by atoms with Gasteiger partial charge in [-0.2, -0.15) is 0 Å². The Morgan fingerprint density at radius 2 is 1.75 bits per heavy atom. The molecule has 0 atom stereocenters. The first-order valence-corrected chi connectivity index (χ1v) is 7.66. The topological polar surface area (TPSA) is 66.9 Å². The molecule has 0 saturated heterocycles. The molecule has 2 aromatic carbocycles. The van der Waals surface area contributed by atoms with Gasteiger partial charge in [0.25, 0.3) is 5.91 Å². The van der Waals surface area contributed by atoms with Crippen molar-refractivity contribution in [2.45, 2.75) is 6.54 Å². The van der Waals surface area contributed by atoms with Crippen molar-refractivity contribution < 1.29 is 4.79 Å². The molecule has 120 valence electrons. The van der Waals surface area contributed by atoms with Crippen LogP contribution in [0.15, 0.2) is 67.3 Å². The number of carbonyl (C=O) groups excluding carboxylic acids is 1. The third-order valence-corrected chi connectivity index (χ3v) is 3.70. The van der Waals surface area contributed by atoms with Crippen molar-refractivity contribution >= 4 is 11.6 Å². The Morgan fingerprint density at radius 3 is 2.46 bits per heavy atom. The predicted molar refractivity (Wildman–Crippen MR) is 94.6 cm³/mol. The number of nitrogens with zero attached hydrogens (tertiary/aromatic N) is 2. The highest BCUT2D eigenvalue weighted by molar-refractivity contribution is 5.93. The Morgan fingerprint density at radius 1 is 1.00 bits per heavy atom. The van der Waals surface area contributed by atoms with Gasteiger partial charge in [-0.25, -0.2) is 9.97 Å². The fourth-order valence-electron chi connectivity index (χ4n) is 2.38. The third-order valence-electron chi connectivity index (χ3n) is 3.70. The number of hydrogen-bond donors (Lipinski definition) is 2. The highest BCUT2D eigenvalue weighted by atomic mass is 16.1. The molecule has 0 bridgehead atoms. The molecule has 0 aliphatic carbocycles. The summed E-state index contributed by atoms with van der Waals surface area (Å²) >= 11 is 0. The molecule has 0 saturated carbocycles. The second kappa shape index (κ2) is 7.37. The van der Waals surface area contributed by atoms with E-state index < -0.39 is 0 Å². The van der Waals surface area contributed by atoms with E-state index in [0.29, 0.717) is 12.1 Å². The van der Waals surface area contributed by atoms with Gasteiger partial charge >= 0.3 is 0 Å². The molecule has 0 unspecified atom stereocenters. The molecule has 5 nitrogen and oxygen atoms in total. The van der Waals surface area contributed by atoms with Crippen LogP contribution in [0.1, 0.15) is 15.9 Å². The van der Waals surface area contributed by atoms with Crippen molar-refractivity contribution in [1.29, 1.82) is 0 Å². The summed E-state index contributed by atoms with van der Waals surface area (Å²) in [6.45, 7) is 0.683. The molecular formula is C19H18N4O. The smallest absolute Gasteiger partial charge is 0.251 e. The lowest BCUT2D eigenvalue weighted by molar-refractivity contribution is 0.0963. The minimum Gasteiger partial charge on any atom is -0.381 e. The van der Waals surface area contributed by atoms with E-state index in [0.717, 1.165) is 22.4 Å². The van der Waals surface area contributed by atoms with Crippen LogP contribution in [0, 0.1) is 0 Å². The number of anilines is 1. The van der Waals surface area contributed by atoms with Crippen molar-refractivity contribution in [1.82, 2.24) is 15.3 Å². The molecule has 5 heteroatoms. The fraction of sp³-hybridized carbons (Fsp3) is 0.105. The lowest BCUT2D eigenvalue weighted by Gasteiger charge is -2.09. The molecule has 0 aliphatic rings. The first kappa shape index (κ1) is 15.7. The molecule has 24 heavy (non-hydrogen) atoms. The van der Waals surface area contributed by atoms with Crippen LogP contribution in [-0.2, 0) is 6.54 Å². The van der Waals surface area contributed by atoms with Gasteiger partial charge in [-0.15, -0.1) is 0 Å². The minimum atomic E-state index is -0.0766. The monoisotopic (exact) mass is 318 g/mol. The molecule has 0 aliphatic heterocycles. The van der Waals surface area contributed by atoms with Gasteiger partial charge in [-0.05, 0) is 35.4 Å². The largest absolute Gasteiger partial charge is 0.381 e. The summed E-state index contributed by atoms with van der Waals surface area (Å²) in [5.41, 5.74) is 4.84. The SMILES string of the molecule is CNC(=O)c1ccc(CNc2cccc(-c3cncnc3)c2)cc1. The summed E-state index contributed by atoms with van der Waals surface area (Å²) in [5.74, 6) is -0.0766. The number of benzene rings is 2. The number of hydrogen-bond acceptors (Lipinski definition) is 4. The van der Waals surface area contributed by atoms with Crippen molar-refractivity contribution in [2.24, 2.45) is 0 Å². The lowest BCUT2D eigenvalue weighted by Crippen LogP contribution is -2.17. The van der Waals surface area contributed by atoms with Crippen LogP contribution in [0.4, 0.5) is 5.69 Å². The highest BCUT2D eigenvalue weighted by Gasteiger charge is 2.03. The van der Waals surface area contributed by atoms with Gasteiger partial charge in [0.1, 0.15) is 6.33 Å². The van der Waals surface area contributed by atoms with Gasteiger partial charge in [-0.3, -0.25) is 4.79 Å². The average molecular weight is 318 g/mol. The molecule has 1 heterocycles. The summed E-state index contributed by atoms with van der Waals surface area (Å²) in [5, 5.41) is 6.01. The Kier molecular flexibility index (Phi) is 4.81. The number of aromatic nitrogens is 2. The molecule has 0 radical (unpaired) electrons. The Hall–Kier alpha value is -3.21. The number of amides is 1. The van der Waals surface area contributed by atoms with E-state index in [1.54, 1.807) is 19.4 Å². The van der Waals surface area contributed by atoms with E-state index in [-0.39, 0.29) is 5.91 Å². The molecule has 3 aromatic rings. The summed E-state index contributed by atoms with van der Waals surface area (Å²) < 4.78 is 0. The second-order valence-corrected chi connectivity index (χ2v) is 5.34. The van der Waals surface area contributed by atoms with Crippen LogP contribution < -0.4 is 10.6 Å². The third kappa shape index (κ3) is 3.76. The Bertz CT molecular complexity index is 816. The van der Waals surface area contributed by atoms with E-state index in [2.05, 4.69) is 26.7 Å². The summed E-state index contributed by atoms with van der Waals surface area (Å²) in [6.07, 6.45) is 5.11. The quantitative estimate of drug-likeness (QED) is 0.758. The van der Waals surface area contributed by atoms with E-state index in [1.165, 1.54) is 6.33 Å². The van der Waals surface area contributed by atoms with Crippen molar-refractivity contribution in [3.8, 4) is 11.1 Å². The van der Waals surface area contributed by atoms with Crippen LogP contribution >= 0.6 is 0 Å². The summed E-state index contributed by atoms with van der Waals surface area (Å²) in [7, 11) is 1.63. The zero-order chi connectivity index (χ0) is 16.8. The minimum absolute atomic E-state index is 0.0766. The summed E-state index contributed by atoms with van der Waals surface area (Å²) in [4.78, 5) is 19.6. The fourth-order valence-corrected chi connectivity index (χ4v) is 2.38. The van der Waals surface area contributed by atoms with E-state index in [9.17, 15) is 4.79 Å². The zero-order valence-electron chi connectivity index (χ0n) is 13.4. The van der Waals surface area contributed by atoms with Gasteiger partial charge < -0.3 is 10.6 Å². The van der Waals surface area contributed by atoms with Crippen LogP contribution in [0.5, 0.6) is 0 Å². The van der Waals surface area contributed by atoms with Gasteiger partial charge in [0.05, 0.1) is 0 Å². The van der Waals surface area contributed by atoms with Gasteiger partial charge in [0.15, 0.2) is 0 Å². The number of rotatable bonds is 5.